The van der Waals surface area contributed by atoms with E-state index in [1.165, 1.54) is 24.3 Å². The highest BCUT2D eigenvalue weighted by Crippen LogP contribution is 2.39. The van der Waals surface area contributed by atoms with Crippen LogP contribution in [-0.4, -0.2) is 72.0 Å². The lowest BCUT2D eigenvalue weighted by Gasteiger charge is -2.38. The number of piperidine rings is 2. The molecular weight excluding hydrogens is 592 g/mol. The highest BCUT2D eigenvalue weighted by molar-refractivity contribution is 5.36. The third-order valence-corrected chi connectivity index (χ3v) is 7.73. The Morgan fingerprint density at radius 3 is 1.37 bits per heavy atom. The Kier molecular flexibility index (Phi) is 11.3. The van der Waals surface area contributed by atoms with E-state index in [1.807, 2.05) is 13.8 Å². The highest BCUT2D eigenvalue weighted by atomic mass is 19.4. The summed E-state index contributed by atoms with van der Waals surface area (Å²) in [4.78, 5) is 4.23. The van der Waals surface area contributed by atoms with E-state index in [1.54, 1.807) is 0 Å². The number of benzene rings is 2. The van der Waals surface area contributed by atoms with E-state index >= 15 is 0 Å². The molecular formula is C29H36F8N2O4. The van der Waals surface area contributed by atoms with E-state index in [4.69, 9.17) is 0 Å². The van der Waals surface area contributed by atoms with Gasteiger partial charge in [0.05, 0.1) is 11.2 Å². The molecule has 0 radical (unpaired) electrons. The van der Waals surface area contributed by atoms with E-state index in [0.717, 1.165) is 31.6 Å². The zero-order chi connectivity index (χ0) is 32.1. The van der Waals surface area contributed by atoms with Gasteiger partial charge in [0.25, 0.3) is 0 Å². The molecule has 0 atom stereocenters. The number of ether oxygens (including phenoxy) is 2. The van der Waals surface area contributed by atoms with E-state index in [0.29, 0.717) is 26.2 Å². The van der Waals surface area contributed by atoms with E-state index < -0.39 is 47.1 Å². The summed E-state index contributed by atoms with van der Waals surface area (Å²) in [5.41, 5.74) is -3.19. The van der Waals surface area contributed by atoms with E-state index in [-0.39, 0.29) is 36.8 Å². The van der Waals surface area contributed by atoms with Gasteiger partial charge in [-0.05, 0) is 57.3 Å². The van der Waals surface area contributed by atoms with Gasteiger partial charge in [-0.3, -0.25) is 0 Å². The summed E-state index contributed by atoms with van der Waals surface area (Å²) in [6.07, 6.45) is -7.86. The number of halogens is 8. The third-order valence-electron chi connectivity index (χ3n) is 7.73. The van der Waals surface area contributed by atoms with Gasteiger partial charge in [-0.1, -0.05) is 38.1 Å². The van der Waals surface area contributed by atoms with Crippen molar-refractivity contribution in [3.05, 3.63) is 59.2 Å². The van der Waals surface area contributed by atoms with Crippen molar-refractivity contribution in [2.24, 2.45) is 0 Å². The molecule has 0 aromatic heterocycles. The predicted octanol–water partition coefficient (Wildman–Crippen LogP) is 6.45. The van der Waals surface area contributed by atoms with Gasteiger partial charge in [0.2, 0.25) is 0 Å². The first-order chi connectivity index (χ1) is 20.0. The number of alkyl halides is 6. The molecule has 0 bridgehead atoms. The molecule has 0 aliphatic carbocycles. The van der Waals surface area contributed by atoms with E-state index in [9.17, 15) is 45.3 Å². The Bertz CT molecular complexity index is 1190. The number of likely N-dealkylation sites (tertiary alicyclic amines) is 2. The van der Waals surface area contributed by atoms with Crippen LogP contribution >= 0.6 is 0 Å². The van der Waals surface area contributed by atoms with Crippen LogP contribution in [0.5, 0.6) is 11.5 Å². The van der Waals surface area contributed by atoms with Crippen LogP contribution in [0.25, 0.3) is 0 Å². The fourth-order valence-corrected chi connectivity index (χ4v) is 5.39. The molecule has 0 spiro atoms. The molecule has 2 aliphatic heterocycles. The standard InChI is InChI=1S/C15H19F4NO2.C14H17F4NO2/c1-2-8-20-9-6-14(21,7-10-20)11-4-3-5-12(13(11)16)22-15(17,18)19;1-2-19-8-6-13(20,7-9-19)10-4-3-5-11(12(10)15)21-14(16,17)18/h3-5,21H,2,6-10H2,1H3;3-5,20H,2,6-9H2,1H3. The van der Waals surface area contributed by atoms with Crippen molar-refractivity contribution < 1.29 is 54.8 Å². The van der Waals surface area contributed by atoms with Gasteiger partial charge < -0.3 is 29.5 Å². The number of rotatable bonds is 7. The van der Waals surface area contributed by atoms with Crippen LogP contribution in [0.15, 0.2) is 36.4 Å². The molecule has 0 amide bonds. The van der Waals surface area contributed by atoms with Crippen molar-refractivity contribution in [1.29, 1.82) is 0 Å². The summed E-state index contributed by atoms with van der Waals surface area (Å²) < 4.78 is 109. The summed E-state index contributed by atoms with van der Waals surface area (Å²) in [5.74, 6) is -4.12. The van der Waals surface area contributed by atoms with Crippen LogP contribution in [0.2, 0.25) is 0 Å². The minimum atomic E-state index is -4.97. The first kappa shape index (κ1) is 34.8. The number of hydrogen-bond donors (Lipinski definition) is 2. The van der Waals surface area contributed by atoms with Crippen LogP contribution in [0.1, 0.15) is 57.1 Å². The second-order valence-electron chi connectivity index (χ2n) is 10.7. The highest BCUT2D eigenvalue weighted by Gasteiger charge is 2.40. The Balaban J connectivity index is 0.000000236. The summed E-state index contributed by atoms with van der Waals surface area (Å²) in [5, 5.41) is 21.2. The van der Waals surface area contributed by atoms with Crippen LogP contribution in [0.4, 0.5) is 35.1 Å². The fraction of sp³-hybridized carbons (Fsp3) is 0.586. The van der Waals surface area contributed by atoms with Gasteiger partial charge >= 0.3 is 12.7 Å². The minimum Gasteiger partial charge on any atom is -0.403 e. The second kappa shape index (κ2) is 14.0. The number of hydrogen-bond acceptors (Lipinski definition) is 6. The second-order valence-corrected chi connectivity index (χ2v) is 10.7. The third kappa shape index (κ3) is 9.40. The van der Waals surface area contributed by atoms with Gasteiger partial charge in [0, 0.05) is 37.3 Å². The first-order valence-corrected chi connectivity index (χ1v) is 14.0. The molecule has 2 aliphatic rings. The first-order valence-electron chi connectivity index (χ1n) is 14.0. The average molecular weight is 629 g/mol. The molecule has 2 N–H and O–H groups in total. The molecule has 2 saturated heterocycles. The topological polar surface area (TPSA) is 65.4 Å². The molecule has 2 aromatic rings. The maximum atomic E-state index is 14.3. The zero-order valence-electron chi connectivity index (χ0n) is 23.9. The van der Waals surface area contributed by atoms with Gasteiger partial charge in [0.1, 0.15) is 0 Å². The summed E-state index contributed by atoms with van der Waals surface area (Å²) in [6.45, 7) is 8.00. The van der Waals surface area contributed by atoms with Gasteiger partial charge in [-0.25, -0.2) is 8.78 Å². The molecule has 2 heterocycles. The van der Waals surface area contributed by atoms with Crippen molar-refractivity contribution in [1.82, 2.24) is 9.80 Å². The predicted molar refractivity (Wildman–Crippen MR) is 141 cm³/mol. The normalized spacial score (nSPS) is 19.3. The lowest BCUT2D eigenvalue weighted by molar-refractivity contribution is -0.276. The van der Waals surface area contributed by atoms with Gasteiger partial charge in [-0.15, -0.1) is 26.3 Å². The van der Waals surface area contributed by atoms with Crippen LogP contribution < -0.4 is 9.47 Å². The molecule has 2 fully saturated rings. The zero-order valence-corrected chi connectivity index (χ0v) is 23.9. The molecule has 0 saturated carbocycles. The van der Waals surface area contributed by atoms with Crippen molar-refractivity contribution >= 4 is 0 Å². The Hall–Kier alpha value is -2.68. The lowest BCUT2D eigenvalue weighted by atomic mass is 9.84. The minimum absolute atomic E-state index is 0.134. The van der Waals surface area contributed by atoms with Crippen molar-refractivity contribution in [2.75, 3.05) is 39.3 Å². The quantitative estimate of drug-likeness (QED) is 0.344. The average Bonchev–Trinajstić information content (AvgIpc) is 2.92. The van der Waals surface area contributed by atoms with Crippen molar-refractivity contribution in [2.45, 2.75) is 69.9 Å². The molecule has 6 nitrogen and oxygen atoms in total. The molecule has 0 unspecified atom stereocenters. The fourth-order valence-electron chi connectivity index (χ4n) is 5.39. The summed E-state index contributed by atoms with van der Waals surface area (Å²) in [7, 11) is 0. The largest absolute Gasteiger partial charge is 0.573 e. The van der Waals surface area contributed by atoms with Gasteiger partial charge in [0.15, 0.2) is 23.1 Å². The maximum absolute atomic E-state index is 14.3. The molecule has 2 aromatic carbocycles. The Labute approximate surface area is 244 Å². The van der Waals surface area contributed by atoms with Crippen LogP contribution in [0, 0.1) is 11.6 Å². The molecule has 14 heteroatoms. The number of nitrogens with zero attached hydrogens (tertiary/aromatic N) is 2. The molecule has 242 valence electrons. The smallest absolute Gasteiger partial charge is 0.403 e. The lowest BCUT2D eigenvalue weighted by Crippen LogP contribution is -2.43. The van der Waals surface area contributed by atoms with Crippen LogP contribution in [-0.2, 0) is 11.2 Å². The van der Waals surface area contributed by atoms with E-state index in [2.05, 4.69) is 19.3 Å². The van der Waals surface area contributed by atoms with Crippen LogP contribution in [0.3, 0.4) is 0 Å². The summed E-state index contributed by atoms with van der Waals surface area (Å²) >= 11 is 0. The Morgan fingerprint density at radius 1 is 0.674 bits per heavy atom. The van der Waals surface area contributed by atoms with Crippen molar-refractivity contribution in [3.8, 4) is 11.5 Å². The summed E-state index contributed by atoms with van der Waals surface area (Å²) in [6, 6.07) is 6.94. The maximum Gasteiger partial charge on any atom is 0.573 e. The van der Waals surface area contributed by atoms with Crippen molar-refractivity contribution in [3.63, 3.8) is 0 Å². The molecule has 4 rings (SSSR count). The SMILES string of the molecule is CCCN1CCC(O)(c2cccc(OC(F)(F)F)c2F)CC1.CCN1CCC(O)(c2cccc(OC(F)(F)F)c2F)CC1. The Morgan fingerprint density at radius 2 is 1.05 bits per heavy atom. The molecule has 43 heavy (non-hydrogen) atoms. The monoisotopic (exact) mass is 628 g/mol. The number of aliphatic hydroxyl groups is 2. The van der Waals surface area contributed by atoms with Gasteiger partial charge in [-0.2, -0.15) is 0 Å².